The molecule has 1 aromatic carbocycles. The molecule has 0 saturated carbocycles. The predicted octanol–water partition coefficient (Wildman–Crippen LogP) is 0.787. The van der Waals surface area contributed by atoms with E-state index < -0.39 is 6.10 Å². The fourth-order valence-electron chi connectivity index (χ4n) is 4.47. The fraction of sp³-hybridized carbons (Fsp3) is 0.609. The Bertz CT molecular complexity index is 796. The number of likely N-dealkylation sites (tertiary alicyclic amines) is 2. The first-order valence-corrected chi connectivity index (χ1v) is 11.3. The van der Waals surface area contributed by atoms with E-state index in [-0.39, 0.29) is 25.1 Å². The number of nitrogens with zero attached hydrogens (tertiary/aromatic N) is 3. The highest BCUT2D eigenvalue weighted by atomic mass is 16.5. The van der Waals surface area contributed by atoms with Gasteiger partial charge >= 0.3 is 6.03 Å². The van der Waals surface area contributed by atoms with Crippen LogP contribution in [0, 0.1) is 23.2 Å². The third-order valence-corrected chi connectivity index (χ3v) is 5.81. The van der Waals surface area contributed by atoms with Crippen molar-refractivity contribution in [2.75, 3.05) is 52.4 Å². The van der Waals surface area contributed by atoms with Crippen LogP contribution < -0.4 is 15.4 Å². The first kappa shape index (κ1) is 23.8. The second kappa shape index (κ2) is 11.7. The van der Waals surface area contributed by atoms with E-state index in [1.807, 2.05) is 11.8 Å². The molecule has 0 aromatic heterocycles. The molecule has 2 saturated heterocycles. The third kappa shape index (κ3) is 7.11. The zero-order valence-electron chi connectivity index (χ0n) is 18.6. The Morgan fingerprint density at radius 3 is 2.50 bits per heavy atom. The Kier molecular flexibility index (Phi) is 8.71. The van der Waals surface area contributed by atoms with E-state index in [1.165, 1.54) is 0 Å². The predicted molar refractivity (Wildman–Crippen MR) is 119 cm³/mol. The minimum atomic E-state index is -0.620. The fourth-order valence-corrected chi connectivity index (χ4v) is 4.47. The number of ether oxygens (including phenoxy) is 1. The number of nitrogens with one attached hydrogen (secondary N) is 2. The number of amides is 3. The van der Waals surface area contributed by atoms with Gasteiger partial charge in [-0.05, 0) is 48.9 Å². The highest BCUT2D eigenvalue weighted by Gasteiger charge is 2.36. The summed E-state index contributed by atoms with van der Waals surface area (Å²) in [5, 5.41) is 24.7. The number of β-amino-alcohol motifs (C(OH)–C–C–N with tert-alkyl or cyclic N) is 1. The molecule has 1 aromatic rings. The molecule has 9 heteroatoms. The van der Waals surface area contributed by atoms with Crippen LogP contribution in [0.5, 0.6) is 5.75 Å². The lowest BCUT2D eigenvalue weighted by Gasteiger charge is -2.46. The molecule has 2 aliphatic heterocycles. The number of aliphatic hydroxyl groups is 1. The molecule has 3 amide bonds. The topological polar surface area (TPSA) is 118 Å². The lowest BCUT2D eigenvalue weighted by Crippen LogP contribution is -2.57. The number of carbonyl (C=O) groups is 2. The van der Waals surface area contributed by atoms with E-state index in [9.17, 15) is 14.7 Å². The highest BCUT2D eigenvalue weighted by molar-refractivity contribution is 5.83. The maximum Gasteiger partial charge on any atom is 0.317 e. The summed E-state index contributed by atoms with van der Waals surface area (Å²) in [6, 6.07) is 8.71. The highest BCUT2D eigenvalue weighted by Crippen LogP contribution is 2.28. The number of aliphatic hydroxyl groups excluding tert-OH is 1. The molecule has 2 fully saturated rings. The van der Waals surface area contributed by atoms with Crippen LogP contribution in [-0.2, 0) is 4.79 Å². The molecule has 2 aliphatic rings. The maximum atomic E-state index is 12.5. The number of benzene rings is 1. The molecule has 0 spiro atoms. The van der Waals surface area contributed by atoms with Crippen molar-refractivity contribution >= 4 is 11.9 Å². The van der Waals surface area contributed by atoms with Gasteiger partial charge in [-0.2, -0.15) is 5.26 Å². The zero-order valence-corrected chi connectivity index (χ0v) is 18.6. The lowest BCUT2D eigenvalue weighted by molar-refractivity contribution is -0.120. The van der Waals surface area contributed by atoms with Crippen molar-refractivity contribution in [1.29, 1.82) is 5.26 Å². The number of hydrogen-bond acceptors (Lipinski definition) is 6. The van der Waals surface area contributed by atoms with Gasteiger partial charge < -0.3 is 25.4 Å². The van der Waals surface area contributed by atoms with Gasteiger partial charge in [0, 0.05) is 39.3 Å². The normalized spacial score (nSPS) is 21.3. The standard InChI is InChI=1S/C23H33N5O4/c1-2-7-25-22(30)10-26-23(31)28-13-18-8-19(14-28)12-27(11-18)15-20(29)16-32-21-5-3-17(9-24)4-6-21/h3-6,18-20,29H,2,7-8,10-16H2,1H3,(H,25,30)(H,26,31)/t18?,19?,20-/m0/s1. The van der Waals surface area contributed by atoms with E-state index in [4.69, 9.17) is 10.00 Å². The number of urea groups is 1. The molecular weight excluding hydrogens is 410 g/mol. The Labute approximate surface area is 189 Å². The van der Waals surface area contributed by atoms with Gasteiger partial charge in [0.15, 0.2) is 0 Å². The van der Waals surface area contributed by atoms with E-state index >= 15 is 0 Å². The second-order valence-corrected chi connectivity index (χ2v) is 8.70. The van der Waals surface area contributed by atoms with Gasteiger partial charge in [0.1, 0.15) is 18.5 Å². The average Bonchev–Trinajstić information content (AvgIpc) is 2.79. The molecular formula is C23H33N5O4. The van der Waals surface area contributed by atoms with Gasteiger partial charge in [0.25, 0.3) is 0 Å². The summed E-state index contributed by atoms with van der Waals surface area (Å²) in [6.45, 7) is 6.28. The minimum Gasteiger partial charge on any atom is -0.491 e. The SMILES string of the molecule is CCCNC(=O)CNC(=O)N1CC2CC(CN(C[C@H](O)COc3ccc(C#N)cc3)C2)C1. The molecule has 174 valence electrons. The first-order chi connectivity index (χ1) is 15.5. The summed E-state index contributed by atoms with van der Waals surface area (Å²) in [4.78, 5) is 28.2. The average molecular weight is 444 g/mol. The molecule has 3 N–H and O–H groups in total. The minimum absolute atomic E-state index is 0.00221. The monoisotopic (exact) mass is 443 g/mol. The van der Waals surface area contributed by atoms with Crippen molar-refractivity contribution in [3.63, 3.8) is 0 Å². The Hall–Kier alpha value is -2.83. The van der Waals surface area contributed by atoms with Crippen LogP contribution in [0.3, 0.4) is 0 Å². The van der Waals surface area contributed by atoms with Crippen LogP contribution in [0.25, 0.3) is 0 Å². The maximum absolute atomic E-state index is 12.5. The number of piperidine rings is 2. The molecule has 2 heterocycles. The van der Waals surface area contributed by atoms with Crippen molar-refractivity contribution in [3.05, 3.63) is 29.8 Å². The van der Waals surface area contributed by atoms with E-state index in [1.54, 1.807) is 24.3 Å². The molecule has 0 radical (unpaired) electrons. The van der Waals surface area contributed by atoms with Crippen molar-refractivity contribution in [2.24, 2.45) is 11.8 Å². The van der Waals surface area contributed by atoms with Gasteiger partial charge in [-0.1, -0.05) is 6.92 Å². The van der Waals surface area contributed by atoms with Crippen LogP contribution >= 0.6 is 0 Å². The Balaban J connectivity index is 1.39. The van der Waals surface area contributed by atoms with E-state index in [2.05, 4.69) is 21.6 Å². The number of hydrogen-bond donors (Lipinski definition) is 3. The molecule has 3 rings (SSSR count). The summed E-state index contributed by atoms with van der Waals surface area (Å²) in [5.41, 5.74) is 0.570. The number of carbonyl (C=O) groups excluding carboxylic acids is 2. The van der Waals surface area contributed by atoms with Crippen LogP contribution in [0.4, 0.5) is 4.79 Å². The van der Waals surface area contributed by atoms with E-state index in [0.29, 0.717) is 49.3 Å². The van der Waals surface area contributed by atoms with Gasteiger partial charge in [-0.25, -0.2) is 4.79 Å². The molecule has 9 nitrogen and oxygen atoms in total. The summed E-state index contributed by atoms with van der Waals surface area (Å²) in [7, 11) is 0. The summed E-state index contributed by atoms with van der Waals surface area (Å²) in [5.74, 6) is 1.17. The van der Waals surface area contributed by atoms with Crippen molar-refractivity contribution < 1.29 is 19.4 Å². The van der Waals surface area contributed by atoms with Crippen molar-refractivity contribution in [1.82, 2.24) is 20.4 Å². The largest absolute Gasteiger partial charge is 0.491 e. The molecule has 2 bridgehead atoms. The molecule has 3 atom stereocenters. The molecule has 32 heavy (non-hydrogen) atoms. The summed E-state index contributed by atoms with van der Waals surface area (Å²) < 4.78 is 5.64. The van der Waals surface area contributed by atoms with Crippen LogP contribution in [0.1, 0.15) is 25.3 Å². The Morgan fingerprint density at radius 2 is 1.88 bits per heavy atom. The first-order valence-electron chi connectivity index (χ1n) is 11.3. The van der Waals surface area contributed by atoms with Crippen LogP contribution in [0.15, 0.2) is 24.3 Å². The van der Waals surface area contributed by atoms with Crippen molar-refractivity contribution in [2.45, 2.75) is 25.9 Å². The zero-order chi connectivity index (χ0) is 22.9. The third-order valence-electron chi connectivity index (χ3n) is 5.81. The summed E-state index contributed by atoms with van der Waals surface area (Å²) in [6.07, 6.45) is 1.32. The van der Waals surface area contributed by atoms with Crippen LogP contribution in [-0.4, -0.2) is 85.4 Å². The number of nitriles is 1. The molecule has 2 unspecified atom stereocenters. The smallest absolute Gasteiger partial charge is 0.317 e. The van der Waals surface area contributed by atoms with E-state index in [0.717, 1.165) is 25.9 Å². The lowest BCUT2D eigenvalue weighted by atomic mass is 9.84. The Morgan fingerprint density at radius 1 is 1.19 bits per heavy atom. The quantitative estimate of drug-likeness (QED) is 0.519. The van der Waals surface area contributed by atoms with Crippen molar-refractivity contribution in [3.8, 4) is 11.8 Å². The number of fused-ring (bicyclic) bond motifs is 2. The van der Waals surface area contributed by atoms with Gasteiger partial charge in [-0.3, -0.25) is 9.69 Å². The van der Waals surface area contributed by atoms with Gasteiger partial charge in [-0.15, -0.1) is 0 Å². The van der Waals surface area contributed by atoms with Crippen LogP contribution in [0.2, 0.25) is 0 Å². The summed E-state index contributed by atoms with van der Waals surface area (Å²) >= 11 is 0. The second-order valence-electron chi connectivity index (χ2n) is 8.70. The number of rotatable bonds is 9. The molecule has 0 aliphatic carbocycles. The van der Waals surface area contributed by atoms with Gasteiger partial charge in [0.2, 0.25) is 5.91 Å². The van der Waals surface area contributed by atoms with Gasteiger partial charge in [0.05, 0.1) is 18.2 Å².